The Kier molecular flexibility index (Phi) is 4.78. The van der Waals surface area contributed by atoms with Crippen molar-refractivity contribution >= 4 is 5.91 Å². The molecule has 0 spiro atoms. The number of carbonyl (C=O) groups is 1. The maximum atomic E-state index is 11.6. The van der Waals surface area contributed by atoms with Gasteiger partial charge in [-0.3, -0.25) is 4.79 Å². The predicted molar refractivity (Wildman–Crippen MR) is 67.6 cm³/mol. The summed E-state index contributed by atoms with van der Waals surface area (Å²) in [5.41, 5.74) is 0. The van der Waals surface area contributed by atoms with Gasteiger partial charge in [0, 0.05) is 6.54 Å². The van der Waals surface area contributed by atoms with E-state index in [0.717, 1.165) is 31.7 Å². The smallest absolute Gasteiger partial charge is 0.287 e. The molecule has 2 rings (SSSR count). The van der Waals surface area contributed by atoms with E-state index >= 15 is 0 Å². The molecule has 5 nitrogen and oxygen atoms in total. The molecular weight excluding hydrogens is 232 g/mol. The summed E-state index contributed by atoms with van der Waals surface area (Å²) in [5.74, 6) is 0.914. The van der Waals surface area contributed by atoms with Crippen LogP contribution >= 0.6 is 0 Å². The largest absolute Gasteiger partial charge is 0.456 e. The van der Waals surface area contributed by atoms with E-state index in [4.69, 9.17) is 9.15 Å². The summed E-state index contributed by atoms with van der Waals surface area (Å²) in [4.78, 5) is 11.6. The van der Waals surface area contributed by atoms with Crippen molar-refractivity contribution in [3.05, 3.63) is 23.7 Å². The fourth-order valence-electron chi connectivity index (χ4n) is 2.00. The highest BCUT2D eigenvalue weighted by molar-refractivity contribution is 5.91. The summed E-state index contributed by atoms with van der Waals surface area (Å²) < 4.78 is 10.9. The molecule has 0 aliphatic carbocycles. The lowest BCUT2D eigenvalue weighted by molar-refractivity contribution is 0.0341. The van der Waals surface area contributed by atoms with Gasteiger partial charge in [0.05, 0.1) is 12.7 Å². The molecule has 100 valence electrons. The summed E-state index contributed by atoms with van der Waals surface area (Å²) in [6.45, 7) is 4.92. The van der Waals surface area contributed by atoms with E-state index in [-0.39, 0.29) is 5.91 Å². The van der Waals surface area contributed by atoms with Crippen molar-refractivity contribution in [1.82, 2.24) is 10.6 Å². The Balaban J connectivity index is 1.61. The summed E-state index contributed by atoms with van der Waals surface area (Å²) in [6, 6.07) is 3.46. The van der Waals surface area contributed by atoms with Crippen molar-refractivity contribution in [3.63, 3.8) is 0 Å². The molecule has 1 saturated heterocycles. The SMILES string of the molecule is Cc1ccc(C(=O)NCCOC2CCNCC2)o1. The van der Waals surface area contributed by atoms with Crippen LogP contribution in [0.1, 0.15) is 29.2 Å². The van der Waals surface area contributed by atoms with Gasteiger partial charge >= 0.3 is 0 Å². The molecule has 0 saturated carbocycles. The first kappa shape index (κ1) is 13.1. The number of aryl methyl sites for hydroxylation is 1. The van der Waals surface area contributed by atoms with Gasteiger partial charge in [-0.2, -0.15) is 0 Å². The minimum absolute atomic E-state index is 0.183. The second kappa shape index (κ2) is 6.56. The molecule has 1 aromatic heterocycles. The molecular formula is C13H20N2O3. The van der Waals surface area contributed by atoms with Crippen molar-refractivity contribution in [2.75, 3.05) is 26.2 Å². The van der Waals surface area contributed by atoms with Crippen LogP contribution in [-0.2, 0) is 4.74 Å². The van der Waals surface area contributed by atoms with Crippen molar-refractivity contribution in [3.8, 4) is 0 Å². The van der Waals surface area contributed by atoms with Crippen LogP contribution in [0, 0.1) is 6.92 Å². The quantitative estimate of drug-likeness (QED) is 0.770. The van der Waals surface area contributed by atoms with Gasteiger partial charge in [-0.15, -0.1) is 0 Å². The molecule has 0 bridgehead atoms. The number of piperidine rings is 1. The second-order valence-electron chi connectivity index (χ2n) is 4.49. The normalized spacial score (nSPS) is 16.7. The topological polar surface area (TPSA) is 63.5 Å². The van der Waals surface area contributed by atoms with Crippen LogP contribution in [-0.4, -0.2) is 38.3 Å². The van der Waals surface area contributed by atoms with Crippen LogP contribution in [0.3, 0.4) is 0 Å². The van der Waals surface area contributed by atoms with Crippen LogP contribution in [0.25, 0.3) is 0 Å². The highest BCUT2D eigenvalue weighted by atomic mass is 16.5. The minimum atomic E-state index is -0.183. The van der Waals surface area contributed by atoms with Crippen LogP contribution in [0.4, 0.5) is 0 Å². The third-order valence-electron chi connectivity index (χ3n) is 2.99. The van der Waals surface area contributed by atoms with E-state index in [0.29, 0.717) is 25.0 Å². The highest BCUT2D eigenvalue weighted by Gasteiger charge is 2.13. The summed E-state index contributed by atoms with van der Waals surface area (Å²) in [6.07, 6.45) is 2.42. The van der Waals surface area contributed by atoms with Gasteiger partial charge in [0.1, 0.15) is 5.76 Å². The lowest BCUT2D eigenvalue weighted by Gasteiger charge is -2.22. The molecule has 1 aromatic rings. The standard InChI is InChI=1S/C13H20N2O3/c1-10-2-3-12(18-10)13(16)15-8-9-17-11-4-6-14-7-5-11/h2-3,11,14H,4-9H2,1H3,(H,15,16). The zero-order valence-electron chi connectivity index (χ0n) is 10.7. The van der Waals surface area contributed by atoms with Crippen LogP contribution < -0.4 is 10.6 Å². The fourth-order valence-corrected chi connectivity index (χ4v) is 2.00. The van der Waals surface area contributed by atoms with Crippen LogP contribution in [0.5, 0.6) is 0 Å². The molecule has 0 unspecified atom stereocenters. The van der Waals surface area contributed by atoms with Crippen molar-refractivity contribution in [2.45, 2.75) is 25.9 Å². The Hall–Kier alpha value is -1.33. The number of ether oxygens (including phenoxy) is 1. The van der Waals surface area contributed by atoms with E-state index in [9.17, 15) is 4.79 Å². The number of carbonyl (C=O) groups excluding carboxylic acids is 1. The van der Waals surface area contributed by atoms with Gasteiger partial charge in [-0.1, -0.05) is 0 Å². The number of nitrogens with one attached hydrogen (secondary N) is 2. The van der Waals surface area contributed by atoms with Gasteiger partial charge in [0.15, 0.2) is 5.76 Å². The number of hydrogen-bond donors (Lipinski definition) is 2. The molecule has 1 fully saturated rings. The van der Waals surface area contributed by atoms with Gasteiger partial charge in [0.25, 0.3) is 5.91 Å². The monoisotopic (exact) mass is 252 g/mol. The molecule has 0 aromatic carbocycles. The first-order chi connectivity index (χ1) is 8.75. The Labute approximate surface area is 107 Å². The average molecular weight is 252 g/mol. The highest BCUT2D eigenvalue weighted by Crippen LogP contribution is 2.07. The maximum absolute atomic E-state index is 11.6. The Morgan fingerprint density at radius 2 is 2.28 bits per heavy atom. The molecule has 18 heavy (non-hydrogen) atoms. The minimum Gasteiger partial charge on any atom is -0.456 e. The van der Waals surface area contributed by atoms with E-state index in [1.807, 2.05) is 6.92 Å². The lowest BCUT2D eigenvalue weighted by Crippen LogP contribution is -2.34. The predicted octanol–water partition coefficient (Wildman–Crippen LogP) is 1.09. The zero-order chi connectivity index (χ0) is 12.8. The molecule has 5 heteroatoms. The number of amides is 1. The average Bonchev–Trinajstić information content (AvgIpc) is 2.82. The van der Waals surface area contributed by atoms with Crippen LogP contribution in [0.2, 0.25) is 0 Å². The van der Waals surface area contributed by atoms with Gasteiger partial charge in [-0.25, -0.2) is 0 Å². The third-order valence-corrected chi connectivity index (χ3v) is 2.99. The third kappa shape index (κ3) is 3.85. The summed E-state index contributed by atoms with van der Waals surface area (Å²) in [5, 5.41) is 6.06. The van der Waals surface area contributed by atoms with Gasteiger partial charge in [0.2, 0.25) is 0 Å². The summed E-state index contributed by atoms with van der Waals surface area (Å²) in [7, 11) is 0. The Morgan fingerprint density at radius 3 is 2.94 bits per heavy atom. The van der Waals surface area contributed by atoms with Gasteiger partial charge < -0.3 is 19.8 Å². The van der Waals surface area contributed by atoms with Crippen LogP contribution in [0.15, 0.2) is 16.5 Å². The Bertz CT molecular complexity index is 383. The van der Waals surface area contributed by atoms with E-state index in [1.54, 1.807) is 12.1 Å². The van der Waals surface area contributed by atoms with Crippen molar-refractivity contribution in [2.24, 2.45) is 0 Å². The molecule has 0 atom stereocenters. The van der Waals surface area contributed by atoms with E-state index in [1.165, 1.54) is 0 Å². The molecule has 1 aliphatic rings. The van der Waals surface area contributed by atoms with Gasteiger partial charge in [-0.05, 0) is 45.0 Å². The number of hydrogen-bond acceptors (Lipinski definition) is 4. The molecule has 1 amide bonds. The van der Waals surface area contributed by atoms with E-state index < -0.39 is 0 Å². The molecule has 2 heterocycles. The first-order valence-corrected chi connectivity index (χ1v) is 6.42. The fraction of sp³-hybridized carbons (Fsp3) is 0.615. The van der Waals surface area contributed by atoms with Crippen molar-refractivity contribution < 1.29 is 13.9 Å². The Morgan fingerprint density at radius 1 is 1.50 bits per heavy atom. The zero-order valence-corrected chi connectivity index (χ0v) is 10.7. The first-order valence-electron chi connectivity index (χ1n) is 6.42. The van der Waals surface area contributed by atoms with Crippen molar-refractivity contribution in [1.29, 1.82) is 0 Å². The lowest BCUT2D eigenvalue weighted by atomic mass is 10.1. The second-order valence-corrected chi connectivity index (χ2v) is 4.49. The number of rotatable bonds is 5. The maximum Gasteiger partial charge on any atom is 0.287 e. The molecule has 2 N–H and O–H groups in total. The molecule has 1 aliphatic heterocycles. The summed E-state index contributed by atoms with van der Waals surface area (Å²) >= 11 is 0. The molecule has 0 radical (unpaired) electrons. The number of furan rings is 1. The van der Waals surface area contributed by atoms with E-state index in [2.05, 4.69) is 10.6 Å².